The van der Waals surface area contributed by atoms with Gasteiger partial charge in [-0.25, -0.2) is 4.39 Å². The Balaban J connectivity index is 1.64. The number of nitrogens with zero attached hydrogens (tertiary/aromatic N) is 3. The van der Waals surface area contributed by atoms with Crippen molar-refractivity contribution in [2.75, 3.05) is 26.2 Å². The van der Waals surface area contributed by atoms with E-state index in [1.165, 1.54) is 23.5 Å². The maximum Gasteiger partial charge on any atom is 0.254 e. The van der Waals surface area contributed by atoms with Crippen LogP contribution in [0.4, 0.5) is 4.39 Å². The van der Waals surface area contributed by atoms with Crippen molar-refractivity contribution in [3.8, 4) is 6.07 Å². The lowest BCUT2D eigenvalue weighted by atomic mass is 10.1. The highest BCUT2D eigenvalue weighted by atomic mass is 32.1. The summed E-state index contributed by atoms with van der Waals surface area (Å²) in [4.78, 5) is 16.2. The van der Waals surface area contributed by atoms with Crippen molar-refractivity contribution in [2.24, 2.45) is 0 Å². The molecule has 118 valence electrons. The number of benzene rings is 1. The molecule has 2 heterocycles. The molecule has 1 amide bonds. The Hall–Kier alpha value is -2.23. The fourth-order valence-electron chi connectivity index (χ4n) is 2.76. The van der Waals surface area contributed by atoms with Gasteiger partial charge < -0.3 is 4.90 Å². The zero-order chi connectivity index (χ0) is 16.2. The molecule has 0 aliphatic carbocycles. The van der Waals surface area contributed by atoms with E-state index >= 15 is 0 Å². The molecule has 1 aliphatic heterocycles. The van der Waals surface area contributed by atoms with Crippen LogP contribution in [0.15, 0.2) is 41.1 Å². The smallest absolute Gasteiger partial charge is 0.254 e. The number of hydrogen-bond donors (Lipinski definition) is 0. The van der Waals surface area contributed by atoms with Crippen molar-refractivity contribution in [1.29, 1.82) is 5.26 Å². The van der Waals surface area contributed by atoms with Gasteiger partial charge >= 0.3 is 0 Å². The van der Waals surface area contributed by atoms with E-state index in [0.29, 0.717) is 26.2 Å². The molecule has 0 N–H and O–H groups in total. The third-order valence-electron chi connectivity index (χ3n) is 4.04. The highest BCUT2D eigenvalue weighted by Crippen LogP contribution is 2.22. The minimum Gasteiger partial charge on any atom is -0.336 e. The molecular weight excluding hydrogens is 313 g/mol. The lowest BCUT2D eigenvalue weighted by molar-refractivity contribution is 0.0607. The van der Waals surface area contributed by atoms with Gasteiger partial charge in [0.25, 0.3) is 5.91 Å². The normalized spacial score (nSPS) is 16.8. The van der Waals surface area contributed by atoms with Gasteiger partial charge in [-0.1, -0.05) is 12.1 Å². The van der Waals surface area contributed by atoms with Gasteiger partial charge in [-0.2, -0.15) is 16.6 Å². The second kappa shape index (κ2) is 6.90. The van der Waals surface area contributed by atoms with Gasteiger partial charge in [0.15, 0.2) is 0 Å². The van der Waals surface area contributed by atoms with E-state index < -0.39 is 6.04 Å². The van der Waals surface area contributed by atoms with Crippen LogP contribution in [0.2, 0.25) is 0 Å². The van der Waals surface area contributed by atoms with Crippen LogP contribution in [0.1, 0.15) is 22.0 Å². The molecular formula is C17H16FN3OS. The van der Waals surface area contributed by atoms with Crippen molar-refractivity contribution in [3.05, 3.63) is 58.0 Å². The van der Waals surface area contributed by atoms with Gasteiger partial charge in [0, 0.05) is 31.6 Å². The highest BCUT2D eigenvalue weighted by molar-refractivity contribution is 7.08. The number of carbonyl (C=O) groups excluding carboxylic acids is 1. The lowest BCUT2D eigenvalue weighted by Crippen LogP contribution is -2.49. The van der Waals surface area contributed by atoms with E-state index in [0.717, 1.165) is 11.1 Å². The van der Waals surface area contributed by atoms with E-state index in [1.807, 2.05) is 26.6 Å². The summed E-state index contributed by atoms with van der Waals surface area (Å²) in [5.74, 6) is -0.266. The van der Waals surface area contributed by atoms with Crippen molar-refractivity contribution in [1.82, 2.24) is 9.80 Å². The summed E-state index contributed by atoms with van der Waals surface area (Å²) in [5.41, 5.74) is 1.50. The predicted molar refractivity (Wildman–Crippen MR) is 86.5 cm³/mol. The first kappa shape index (κ1) is 15.7. The molecule has 1 fully saturated rings. The number of nitriles is 1. The summed E-state index contributed by atoms with van der Waals surface area (Å²) in [6.07, 6.45) is 0. The molecule has 4 nitrogen and oxygen atoms in total. The minimum absolute atomic E-state index is 0.0428. The van der Waals surface area contributed by atoms with Gasteiger partial charge in [0.1, 0.15) is 11.9 Å². The number of halogens is 1. The molecule has 1 saturated heterocycles. The second-order valence-electron chi connectivity index (χ2n) is 5.42. The maximum absolute atomic E-state index is 13.0. The molecule has 1 aliphatic rings. The average molecular weight is 329 g/mol. The molecule has 2 aromatic rings. The molecule has 1 aromatic heterocycles. The summed E-state index contributed by atoms with van der Waals surface area (Å²) < 4.78 is 13.0. The second-order valence-corrected chi connectivity index (χ2v) is 6.20. The van der Waals surface area contributed by atoms with Crippen molar-refractivity contribution in [3.63, 3.8) is 0 Å². The summed E-state index contributed by atoms with van der Waals surface area (Å²) in [6, 6.07) is 9.73. The van der Waals surface area contributed by atoms with Crippen molar-refractivity contribution in [2.45, 2.75) is 6.04 Å². The number of rotatable bonds is 3. The standard InChI is InChI=1S/C17H16FN3OS/c18-15-3-1-13(2-4-15)16(11-19)20-6-8-21(9-7-20)17(22)14-5-10-23-12-14/h1-5,10,12,16H,6-9H2/t16-/m0/s1. The lowest BCUT2D eigenvalue weighted by Gasteiger charge is -2.37. The monoisotopic (exact) mass is 329 g/mol. The number of piperazine rings is 1. The van der Waals surface area contributed by atoms with Crippen LogP contribution in [0.25, 0.3) is 0 Å². The predicted octanol–water partition coefficient (Wildman–Crippen LogP) is 2.91. The Morgan fingerprint density at radius 3 is 2.43 bits per heavy atom. The van der Waals surface area contributed by atoms with E-state index in [4.69, 9.17) is 0 Å². The molecule has 23 heavy (non-hydrogen) atoms. The van der Waals surface area contributed by atoms with Crippen LogP contribution in [-0.4, -0.2) is 41.9 Å². The molecule has 0 radical (unpaired) electrons. The number of amides is 1. The summed E-state index contributed by atoms with van der Waals surface area (Å²) in [6.45, 7) is 2.44. The molecule has 0 unspecified atom stereocenters. The van der Waals surface area contributed by atoms with Crippen LogP contribution in [0.3, 0.4) is 0 Å². The van der Waals surface area contributed by atoms with Crippen LogP contribution in [0, 0.1) is 17.1 Å². The molecule has 3 rings (SSSR count). The molecule has 6 heteroatoms. The highest BCUT2D eigenvalue weighted by Gasteiger charge is 2.27. The Morgan fingerprint density at radius 2 is 1.87 bits per heavy atom. The Kier molecular flexibility index (Phi) is 4.70. The summed E-state index contributed by atoms with van der Waals surface area (Å²) in [7, 11) is 0. The van der Waals surface area contributed by atoms with Gasteiger partial charge in [0.2, 0.25) is 0 Å². The fraction of sp³-hybridized carbons (Fsp3) is 0.294. The van der Waals surface area contributed by atoms with Crippen LogP contribution in [-0.2, 0) is 0 Å². The third kappa shape index (κ3) is 3.41. The van der Waals surface area contributed by atoms with Gasteiger partial charge in [-0.05, 0) is 29.1 Å². The topological polar surface area (TPSA) is 47.3 Å². The van der Waals surface area contributed by atoms with E-state index in [1.54, 1.807) is 12.1 Å². The average Bonchev–Trinajstić information content (AvgIpc) is 3.12. The largest absolute Gasteiger partial charge is 0.336 e. The Bertz CT molecular complexity index is 700. The quantitative estimate of drug-likeness (QED) is 0.870. The first-order valence-electron chi connectivity index (χ1n) is 7.39. The number of hydrogen-bond acceptors (Lipinski definition) is 4. The Labute approximate surface area is 138 Å². The molecule has 0 saturated carbocycles. The van der Waals surface area contributed by atoms with Crippen molar-refractivity contribution >= 4 is 17.2 Å². The summed E-state index contributed by atoms with van der Waals surface area (Å²) >= 11 is 1.51. The molecule has 0 bridgehead atoms. The maximum atomic E-state index is 13.0. The molecule has 1 atom stereocenters. The van der Waals surface area contributed by atoms with Crippen LogP contribution in [0.5, 0.6) is 0 Å². The van der Waals surface area contributed by atoms with E-state index in [-0.39, 0.29) is 11.7 Å². The SMILES string of the molecule is N#C[C@@H](c1ccc(F)cc1)N1CCN(C(=O)c2ccsc2)CC1. The minimum atomic E-state index is -0.408. The number of thiophene rings is 1. The van der Waals surface area contributed by atoms with E-state index in [9.17, 15) is 14.4 Å². The first-order valence-corrected chi connectivity index (χ1v) is 8.34. The van der Waals surface area contributed by atoms with Gasteiger partial charge in [-0.15, -0.1) is 0 Å². The number of carbonyl (C=O) groups is 1. The zero-order valence-corrected chi connectivity index (χ0v) is 13.3. The Morgan fingerprint density at radius 1 is 1.17 bits per heavy atom. The third-order valence-corrected chi connectivity index (χ3v) is 4.73. The van der Waals surface area contributed by atoms with E-state index in [2.05, 4.69) is 6.07 Å². The van der Waals surface area contributed by atoms with Crippen molar-refractivity contribution < 1.29 is 9.18 Å². The van der Waals surface area contributed by atoms with Gasteiger partial charge in [-0.3, -0.25) is 9.69 Å². The first-order chi connectivity index (χ1) is 11.2. The summed E-state index contributed by atoms with van der Waals surface area (Å²) in [5, 5.41) is 13.2. The molecule has 0 spiro atoms. The zero-order valence-electron chi connectivity index (χ0n) is 12.5. The molecule has 1 aromatic carbocycles. The fourth-order valence-corrected chi connectivity index (χ4v) is 3.39. The van der Waals surface area contributed by atoms with Crippen LogP contribution >= 0.6 is 11.3 Å². The van der Waals surface area contributed by atoms with Crippen LogP contribution < -0.4 is 0 Å². The van der Waals surface area contributed by atoms with Gasteiger partial charge in [0.05, 0.1) is 11.6 Å².